The van der Waals surface area contributed by atoms with Crippen molar-refractivity contribution in [1.29, 1.82) is 0 Å². The van der Waals surface area contributed by atoms with Gasteiger partial charge in [-0.05, 0) is 12.5 Å². The van der Waals surface area contributed by atoms with Crippen molar-refractivity contribution in [2.45, 2.75) is 46.9 Å². The Morgan fingerprint density at radius 1 is 1.30 bits per heavy atom. The van der Waals surface area contributed by atoms with Crippen molar-refractivity contribution in [2.75, 3.05) is 0 Å². The highest BCUT2D eigenvalue weighted by atomic mass is 16.5. The van der Waals surface area contributed by atoms with Gasteiger partial charge in [0.25, 0.3) is 0 Å². The Morgan fingerprint density at radius 3 is 2.75 bits per heavy atom. The molecule has 0 aliphatic rings. The summed E-state index contributed by atoms with van der Waals surface area (Å²) in [5, 5.41) is 7.24. The summed E-state index contributed by atoms with van der Waals surface area (Å²) < 4.78 is 10.8. The van der Waals surface area contributed by atoms with Gasteiger partial charge in [0.1, 0.15) is 5.75 Å². The van der Waals surface area contributed by atoms with Crippen LogP contribution in [0, 0.1) is 13.8 Å². The molecule has 1 aromatic heterocycles. The molecule has 0 saturated carbocycles. The smallest absolute Gasteiger partial charge is 0.223 e. The lowest BCUT2D eigenvalue weighted by Gasteiger charge is -2.15. The first kappa shape index (κ1) is 14.5. The van der Waals surface area contributed by atoms with E-state index in [0.29, 0.717) is 24.4 Å². The Balaban J connectivity index is 2.08. The maximum atomic E-state index is 5.87. The average molecular weight is 275 g/mol. The SMILES string of the molecule is Cc1nc(COc2c(C)cccc2CNC(C)C)no1. The molecule has 0 aliphatic heterocycles. The van der Waals surface area contributed by atoms with Crippen molar-refractivity contribution in [2.24, 2.45) is 0 Å². The molecule has 0 bridgehead atoms. The molecule has 1 aromatic carbocycles. The van der Waals surface area contributed by atoms with Gasteiger partial charge in [0.15, 0.2) is 6.61 Å². The Bertz CT molecular complexity index is 564. The van der Waals surface area contributed by atoms with Gasteiger partial charge in [0.05, 0.1) is 0 Å². The third-order valence-corrected chi connectivity index (χ3v) is 2.91. The van der Waals surface area contributed by atoms with Crippen molar-refractivity contribution in [3.05, 3.63) is 41.0 Å². The van der Waals surface area contributed by atoms with Gasteiger partial charge in [-0.1, -0.05) is 37.2 Å². The molecule has 0 unspecified atom stereocenters. The van der Waals surface area contributed by atoms with Crippen molar-refractivity contribution in [1.82, 2.24) is 15.5 Å². The quantitative estimate of drug-likeness (QED) is 0.878. The standard InChI is InChI=1S/C15H21N3O2/c1-10(2)16-8-13-7-5-6-11(3)15(13)19-9-14-17-12(4)20-18-14/h5-7,10,16H,8-9H2,1-4H3. The number of para-hydroxylation sites is 1. The van der Waals surface area contributed by atoms with Crippen LogP contribution in [-0.2, 0) is 13.2 Å². The molecule has 0 atom stereocenters. The number of hydrogen-bond donors (Lipinski definition) is 1. The van der Waals surface area contributed by atoms with Crippen molar-refractivity contribution >= 4 is 0 Å². The van der Waals surface area contributed by atoms with Gasteiger partial charge in [0.2, 0.25) is 11.7 Å². The molecular formula is C15H21N3O2. The first-order valence-electron chi connectivity index (χ1n) is 6.80. The van der Waals surface area contributed by atoms with Crippen molar-refractivity contribution in [3.63, 3.8) is 0 Å². The number of rotatable bonds is 6. The summed E-state index contributed by atoms with van der Waals surface area (Å²) in [5.41, 5.74) is 2.24. The van der Waals surface area contributed by atoms with Gasteiger partial charge >= 0.3 is 0 Å². The lowest BCUT2D eigenvalue weighted by Crippen LogP contribution is -2.22. The predicted molar refractivity (Wildman–Crippen MR) is 76.5 cm³/mol. The molecule has 1 N–H and O–H groups in total. The Morgan fingerprint density at radius 2 is 2.10 bits per heavy atom. The zero-order chi connectivity index (χ0) is 14.5. The van der Waals surface area contributed by atoms with Crippen LogP contribution < -0.4 is 10.1 Å². The summed E-state index contributed by atoms with van der Waals surface area (Å²) in [6, 6.07) is 6.58. The van der Waals surface area contributed by atoms with Gasteiger partial charge < -0.3 is 14.6 Å². The maximum absolute atomic E-state index is 5.87. The molecule has 1 heterocycles. The molecule has 0 radical (unpaired) electrons. The van der Waals surface area contributed by atoms with Gasteiger partial charge in [-0.25, -0.2) is 0 Å². The number of nitrogens with zero attached hydrogens (tertiary/aromatic N) is 2. The topological polar surface area (TPSA) is 60.2 Å². The Kier molecular flexibility index (Phi) is 4.74. The molecule has 0 amide bonds. The lowest BCUT2D eigenvalue weighted by molar-refractivity contribution is 0.280. The van der Waals surface area contributed by atoms with E-state index in [1.807, 2.05) is 19.1 Å². The number of aromatic nitrogens is 2. The van der Waals surface area contributed by atoms with E-state index in [4.69, 9.17) is 9.26 Å². The minimum atomic E-state index is 0.316. The van der Waals surface area contributed by atoms with Crippen molar-refractivity contribution in [3.8, 4) is 5.75 Å². The molecule has 2 aromatic rings. The average Bonchev–Trinajstić information content (AvgIpc) is 2.81. The summed E-state index contributed by atoms with van der Waals surface area (Å²) >= 11 is 0. The zero-order valence-corrected chi connectivity index (χ0v) is 12.4. The molecule has 5 nitrogen and oxygen atoms in total. The van der Waals surface area contributed by atoms with Crippen LogP contribution in [0.25, 0.3) is 0 Å². The summed E-state index contributed by atoms with van der Waals surface area (Å²) in [4.78, 5) is 4.14. The highest BCUT2D eigenvalue weighted by Crippen LogP contribution is 2.24. The van der Waals surface area contributed by atoms with Gasteiger partial charge in [0, 0.05) is 25.1 Å². The summed E-state index contributed by atoms with van der Waals surface area (Å²) in [7, 11) is 0. The van der Waals surface area contributed by atoms with E-state index >= 15 is 0 Å². The van der Waals surface area contributed by atoms with Crippen LogP contribution in [0.5, 0.6) is 5.75 Å². The molecule has 2 rings (SSSR count). The highest BCUT2D eigenvalue weighted by molar-refractivity contribution is 5.40. The number of benzene rings is 1. The molecule has 20 heavy (non-hydrogen) atoms. The summed E-state index contributed by atoms with van der Waals surface area (Å²) in [6.45, 7) is 9.14. The van der Waals surface area contributed by atoms with Crippen LogP contribution in [0.15, 0.2) is 22.7 Å². The van der Waals surface area contributed by atoms with Gasteiger partial charge in [-0.3, -0.25) is 0 Å². The van der Waals surface area contributed by atoms with Crippen LogP contribution in [0.4, 0.5) is 0 Å². The molecule has 0 aliphatic carbocycles. The second-order valence-electron chi connectivity index (χ2n) is 5.12. The van der Waals surface area contributed by atoms with Gasteiger partial charge in [-0.2, -0.15) is 4.98 Å². The Labute approximate surface area is 119 Å². The Hall–Kier alpha value is -1.88. The first-order valence-corrected chi connectivity index (χ1v) is 6.80. The van der Waals surface area contributed by atoms with Gasteiger partial charge in [-0.15, -0.1) is 0 Å². The second-order valence-corrected chi connectivity index (χ2v) is 5.12. The summed E-state index contributed by atoms with van der Waals surface area (Å²) in [6.07, 6.45) is 0. The molecule has 108 valence electrons. The zero-order valence-electron chi connectivity index (χ0n) is 12.4. The minimum absolute atomic E-state index is 0.316. The van der Waals surface area contributed by atoms with Crippen molar-refractivity contribution < 1.29 is 9.26 Å². The van der Waals surface area contributed by atoms with Crippen LogP contribution >= 0.6 is 0 Å². The fourth-order valence-corrected chi connectivity index (χ4v) is 1.91. The minimum Gasteiger partial charge on any atom is -0.485 e. The van der Waals surface area contributed by atoms with E-state index in [1.54, 1.807) is 6.92 Å². The first-order chi connectivity index (χ1) is 9.56. The summed E-state index contributed by atoms with van der Waals surface area (Å²) in [5.74, 6) is 2.01. The van der Waals surface area contributed by atoms with Crippen LogP contribution in [-0.4, -0.2) is 16.2 Å². The van der Waals surface area contributed by atoms with Crippen LogP contribution in [0.3, 0.4) is 0 Å². The maximum Gasteiger partial charge on any atom is 0.223 e. The van der Waals surface area contributed by atoms with E-state index < -0.39 is 0 Å². The normalized spacial score (nSPS) is 11.1. The molecule has 0 spiro atoms. The lowest BCUT2D eigenvalue weighted by atomic mass is 10.1. The fraction of sp³-hybridized carbons (Fsp3) is 0.467. The van der Waals surface area contributed by atoms with E-state index in [2.05, 4.69) is 35.4 Å². The third kappa shape index (κ3) is 3.81. The number of ether oxygens (including phenoxy) is 1. The van der Waals surface area contributed by atoms with E-state index in [9.17, 15) is 0 Å². The third-order valence-electron chi connectivity index (χ3n) is 2.91. The molecule has 5 heteroatoms. The van der Waals surface area contributed by atoms with Crippen LogP contribution in [0.2, 0.25) is 0 Å². The van der Waals surface area contributed by atoms with Crippen LogP contribution in [0.1, 0.15) is 36.7 Å². The highest BCUT2D eigenvalue weighted by Gasteiger charge is 2.10. The van der Waals surface area contributed by atoms with E-state index in [-0.39, 0.29) is 0 Å². The number of hydrogen-bond acceptors (Lipinski definition) is 5. The molecule has 0 fully saturated rings. The molecule has 0 saturated heterocycles. The molecular weight excluding hydrogens is 254 g/mol. The number of aryl methyl sites for hydroxylation is 2. The monoisotopic (exact) mass is 275 g/mol. The fourth-order valence-electron chi connectivity index (χ4n) is 1.91. The largest absolute Gasteiger partial charge is 0.485 e. The predicted octanol–water partition coefficient (Wildman–Crippen LogP) is 2.76. The second kappa shape index (κ2) is 6.52. The number of nitrogens with one attached hydrogen (secondary N) is 1. The van der Waals surface area contributed by atoms with E-state index in [1.165, 1.54) is 0 Å². The van der Waals surface area contributed by atoms with E-state index in [0.717, 1.165) is 23.4 Å².